The van der Waals surface area contributed by atoms with Crippen LogP contribution in [0.2, 0.25) is 0 Å². The molecule has 0 aliphatic carbocycles. The molecule has 3 heterocycles. The molecular formula is C24H31N7O3. The number of rotatable bonds is 10. The molecule has 0 bridgehead atoms. The molecule has 1 unspecified atom stereocenters. The lowest BCUT2D eigenvalue weighted by Gasteiger charge is -2.16. The SMILES string of the molecule is CCN(CC)CCCn1nnc(-c2ccc(-c3ccc(N4CC(CO)OC4=O)cc3C)cn2)n1. The van der Waals surface area contributed by atoms with E-state index >= 15 is 0 Å². The Balaban J connectivity index is 1.42. The molecule has 1 N–H and O–H groups in total. The number of anilines is 1. The fourth-order valence-electron chi connectivity index (χ4n) is 4.07. The molecule has 3 aromatic rings. The molecule has 0 saturated carbocycles. The topological polar surface area (TPSA) is 110 Å². The molecular weight excluding hydrogens is 434 g/mol. The van der Waals surface area contributed by atoms with Crippen LogP contribution in [0, 0.1) is 6.92 Å². The van der Waals surface area contributed by atoms with Gasteiger partial charge in [0.15, 0.2) is 0 Å². The van der Waals surface area contributed by atoms with Crippen molar-refractivity contribution in [1.82, 2.24) is 30.1 Å². The van der Waals surface area contributed by atoms with Gasteiger partial charge in [-0.1, -0.05) is 26.0 Å². The predicted molar refractivity (Wildman–Crippen MR) is 128 cm³/mol. The highest BCUT2D eigenvalue weighted by Crippen LogP contribution is 2.30. The number of ether oxygens (including phenoxy) is 1. The third-order valence-corrected chi connectivity index (χ3v) is 6.08. The lowest BCUT2D eigenvalue weighted by atomic mass is 10.0. The minimum absolute atomic E-state index is 0.184. The molecule has 1 fully saturated rings. The smallest absolute Gasteiger partial charge is 0.414 e. The van der Waals surface area contributed by atoms with Gasteiger partial charge in [0, 0.05) is 17.4 Å². The quantitative estimate of drug-likeness (QED) is 0.487. The lowest BCUT2D eigenvalue weighted by molar-refractivity contribution is 0.0963. The second kappa shape index (κ2) is 10.7. The van der Waals surface area contributed by atoms with Crippen molar-refractivity contribution in [1.29, 1.82) is 0 Å². The maximum atomic E-state index is 12.1. The van der Waals surface area contributed by atoms with Crippen molar-refractivity contribution in [2.45, 2.75) is 39.8 Å². The maximum Gasteiger partial charge on any atom is 0.414 e. The van der Waals surface area contributed by atoms with Crippen molar-refractivity contribution >= 4 is 11.8 Å². The largest absolute Gasteiger partial charge is 0.441 e. The van der Waals surface area contributed by atoms with E-state index in [1.54, 1.807) is 11.0 Å². The Morgan fingerprint density at radius 2 is 2.03 bits per heavy atom. The fraction of sp³-hybridized carbons (Fsp3) is 0.458. The van der Waals surface area contributed by atoms with Crippen LogP contribution in [0.5, 0.6) is 0 Å². The average Bonchev–Trinajstić information content (AvgIpc) is 3.48. The lowest BCUT2D eigenvalue weighted by Crippen LogP contribution is -2.25. The van der Waals surface area contributed by atoms with E-state index in [9.17, 15) is 9.90 Å². The van der Waals surface area contributed by atoms with Gasteiger partial charge in [0.25, 0.3) is 0 Å². The molecule has 180 valence electrons. The molecule has 10 nitrogen and oxygen atoms in total. The monoisotopic (exact) mass is 465 g/mol. The third-order valence-electron chi connectivity index (χ3n) is 6.08. The van der Waals surface area contributed by atoms with E-state index in [-0.39, 0.29) is 6.61 Å². The Hall–Kier alpha value is -3.37. The Morgan fingerprint density at radius 3 is 2.68 bits per heavy atom. The van der Waals surface area contributed by atoms with E-state index in [1.807, 2.05) is 37.3 Å². The number of hydrogen-bond donors (Lipinski definition) is 1. The van der Waals surface area contributed by atoms with Gasteiger partial charge in [0.1, 0.15) is 11.8 Å². The molecule has 2 aromatic heterocycles. The van der Waals surface area contributed by atoms with Crippen LogP contribution in [0.3, 0.4) is 0 Å². The average molecular weight is 466 g/mol. The predicted octanol–water partition coefficient (Wildman–Crippen LogP) is 2.76. The number of nitrogens with zero attached hydrogens (tertiary/aromatic N) is 7. The zero-order chi connectivity index (χ0) is 24.1. The van der Waals surface area contributed by atoms with Crippen molar-refractivity contribution in [2.24, 2.45) is 0 Å². The fourth-order valence-corrected chi connectivity index (χ4v) is 4.07. The number of tetrazole rings is 1. The second-order valence-electron chi connectivity index (χ2n) is 8.32. The van der Waals surface area contributed by atoms with E-state index in [2.05, 4.69) is 39.1 Å². The summed E-state index contributed by atoms with van der Waals surface area (Å²) >= 11 is 0. The van der Waals surface area contributed by atoms with Crippen LogP contribution < -0.4 is 4.90 Å². The number of carbonyl (C=O) groups is 1. The first-order valence-electron chi connectivity index (χ1n) is 11.7. The standard InChI is InChI=1S/C24H31N7O3/c1-4-29(5-2)11-6-12-31-27-23(26-28-31)22-10-7-18(14-25-22)21-9-8-19(13-17(21)3)30-15-20(16-32)34-24(30)33/h7-10,13-14,20,32H,4-6,11-12,15-16H2,1-3H3. The van der Waals surface area contributed by atoms with Crippen LogP contribution >= 0.6 is 0 Å². The third kappa shape index (κ3) is 5.23. The molecule has 1 amide bonds. The van der Waals surface area contributed by atoms with Crippen LogP contribution in [-0.4, -0.2) is 80.2 Å². The van der Waals surface area contributed by atoms with Crippen molar-refractivity contribution in [2.75, 3.05) is 37.7 Å². The first kappa shape index (κ1) is 23.8. The summed E-state index contributed by atoms with van der Waals surface area (Å²) in [6, 6.07) is 9.66. The van der Waals surface area contributed by atoms with Gasteiger partial charge in [-0.2, -0.15) is 4.80 Å². The summed E-state index contributed by atoms with van der Waals surface area (Å²) in [4.78, 5) is 22.1. The Kier molecular flexibility index (Phi) is 7.49. The van der Waals surface area contributed by atoms with E-state index in [1.165, 1.54) is 4.90 Å². The minimum atomic E-state index is -0.488. The normalized spacial score (nSPS) is 15.9. The number of aromatic nitrogens is 5. The zero-order valence-electron chi connectivity index (χ0n) is 19.9. The Morgan fingerprint density at radius 1 is 1.21 bits per heavy atom. The van der Waals surface area contributed by atoms with Gasteiger partial charge < -0.3 is 14.7 Å². The first-order chi connectivity index (χ1) is 16.5. The highest BCUT2D eigenvalue weighted by molar-refractivity contribution is 5.90. The Labute approximate surface area is 199 Å². The summed E-state index contributed by atoms with van der Waals surface area (Å²) in [5, 5.41) is 22.0. The van der Waals surface area contributed by atoms with Crippen LogP contribution in [-0.2, 0) is 11.3 Å². The van der Waals surface area contributed by atoms with Crippen LogP contribution in [0.1, 0.15) is 25.8 Å². The summed E-state index contributed by atoms with van der Waals surface area (Å²) < 4.78 is 5.14. The molecule has 1 aliphatic rings. The van der Waals surface area contributed by atoms with Gasteiger partial charge in [-0.15, -0.1) is 10.2 Å². The highest BCUT2D eigenvalue weighted by atomic mass is 16.6. The number of carbonyl (C=O) groups excluding carboxylic acids is 1. The number of hydrogen-bond acceptors (Lipinski definition) is 8. The molecule has 1 aromatic carbocycles. The summed E-state index contributed by atoms with van der Waals surface area (Å²) in [7, 11) is 0. The van der Waals surface area contributed by atoms with Crippen molar-refractivity contribution in [3.8, 4) is 22.6 Å². The number of pyridine rings is 1. The minimum Gasteiger partial charge on any atom is -0.441 e. The van der Waals surface area contributed by atoms with E-state index in [0.717, 1.165) is 55.0 Å². The Bertz CT molecular complexity index is 1110. The maximum absolute atomic E-state index is 12.1. The van der Waals surface area contributed by atoms with Gasteiger partial charge in [0.05, 0.1) is 19.7 Å². The van der Waals surface area contributed by atoms with Crippen LogP contribution in [0.25, 0.3) is 22.6 Å². The molecule has 0 radical (unpaired) electrons. The van der Waals surface area contributed by atoms with Crippen molar-refractivity contribution in [3.05, 3.63) is 42.1 Å². The number of cyclic esters (lactones) is 1. The summed E-state index contributed by atoms with van der Waals surface area (Å²) in [5.41, 5.74) is 4.39. The van der Waals surface area contributed by atoms with Gasteiger partial charge >= 0.3 is 6.09 Å². The van der Waals surface area contributed by atoms with E-state index < -0.39 is 12.2 Å². The van der Waals surface area contributed by atoms with Crippen LogP contribution in [0.15, 0.2) is 36.5 Å². The molecule has 4 rings (SSSR count). The number of aryl methyl sites for hydroxylation is 2. The van der Waals surface area contributed by atoms with Crippen LogP contribution in [0.4, 0.5) is 10.5 Å². The molecule has 1 aliphatic heterocycles. The molecule has 1 atom stereocenters. The summed E-state index contributed by atoms with van der Waals surface area (Å²) in [5.74, 6) is 0.507. The van der Waals surface area contributed by atoms with Crippen molar-refractivity contribution < 1.29 is 14.6 Å². The molecule has 0 spiro atoms. The number of aliphatic hydroxyl groups excluding tert-OH is 1. The molecule has 34 heavy (non-hydrogen) atoms. The first-order valence-corrected chi connectivity index (χ1v) is 11.7. The molecule has 1 saturated heterocycles. The molecule has 10 heteroatoms. The summed E-state index contributed by atoms with van der Waals surface area (Å²) in [6.07, 6.45) is 1.84. The summed E-state index contributed by atoms with van der Waals surface area (Å²) in [6.45, 7) is 10.3. The highest BCUT2D eigenvalue weighted by Gasteiger charge is 2.31. The number of aliphatic hydroxyl groups is 1. The number of benzene rings is 1. The van der Waals surface area contributed by atoms with Gasteiger partial charge in [-0.3, -0.25) is 9.88 Å². The second-order valence-corrected chi connectivity index (χ2v) is 8.32. The van der Waals surface area contributed by atoms with Gasteiger partial charge in [-0.05, 0) is 67.5 Å². The van der Waals surface area contributed by atoms with Gasteiger partial charge in [0.2, 0.25) is 5.82 Å². The van der Waals surface area contributed by atoms with Crippen molar-refractivity contribution in [3.63, 3.8) is 0 Å². The van der Waals surface area contributed by atoms with E-state index in [4.69, 9.17) is 4.74 Å². The van der Waals surface area contributed by atoms with E-state index in [0.29, 0.717) is 18.1 Å². The van der Waals surface area contributed by atoms with Gasteiger partial charge in [-0.25, -0.2) is 4.79 Å². The number of amides is 1. The zero-order valence-corrected chi connectivity index (χ0v) is 19.9.